The maximum Gasteiger partial charge on any atom is 0.498 e. The molecule has 2 saturated heterocycles. The number of aromatic nitrogens is 2. The maximum absolute atomic E-state index is 12.0. The minimum absolute atomic E-state index is 0.243. The van der Waals surface area contributed by atoms with Gasteiger partial charge in [0.15, 0.2) is 0 Å². The number of likely N-dealkylation sites (N-methyl/N-ethyl adjacent to an activating group) is 1. The molecule has 154 valence electrons. The molecule has 0 N–H and O–H groups in total. The highest BCUT2D eigenvalue weighted by molar-refractivity contribution is 6.62. The monoisotopic (exact) mass is 388 g/mol. The molecule has 0 spiro atoms. The molecule has 3 fully saturated rings. The summed E-state index contributed by atoms with van der Waals surface area (Å²) in [6.45, 7) is 10.7. The predicted octanol–water partition coefficient (Wildman–Crippen LogP) is 1.44. The quantitative estimate of drug-likeness (QED) is 0.734. The Balaban J connectivity index is 1.34. The third-order valence-electron chi connectivity index (χ3n) is 7.19. The van der Waals surface area contributed by atoms with Gasteiger partial charge in [0, 0.05) is 44.0 Å². The lowest BCUT2D eigenvalue weighted by Crippen LogP contribution is -2.52. The zero-order chi connectivity index (χ0) is 20.1. The van der Waals surface area contributed by atoms with Gasteiger partial charge in [-0.05, 0) is 53.4 Å². The summed E-state index contributed by atoms with van der Waals surface area (Å²) in [5.74, 6) is 0.243. The van der Waals surface area contributed by atoms with Crippen LogP contribution in [0.5, 0.6) is 0 Å². The molecule has 1 aliphatic carbocycles. The smallest absolute Gasteiger partial charge is 0.399 e. The van der Waals surface area contributed by atoms with Crippen molar-refractivity contribution in [3.05, 3.63) is 12.4 Å². The molecule has 1 amide bonds. The van der Waals surface area contributed by atoms with Gasteiger partial charge in [-0.2, -0.15) is 5.10 Å². The molecule has 2 aliphatic heterocycles. The molecule has 3 heterocycles. The molecular weight excluding hydrogens is 355 g/mol. The minimum atomic E-state index is -0.355. The lowest BCUT2D eigenvalue weighted by molar-refractivity contribution is -0.135. The van der Waals surface area contributed by atoms with E-state index in [1.807, 2.05) is 18.1 Å². The lowest BCUT2D eigenvalue weighted by Gasteiger charge is -2.40. The standard InChI is InChI=1S/C20H33BN4O3/c1-19(2)20(3,4)28-21(27-19)15-12-22-25(13-15)17-8-6-16(7-9-17)24-11-10-23(5)18(26)14-24/h12-13,16-17H,6-11,14H2,1-5H3. The van der Waals surface area contributed by atoms with Crippen molar-refractivity contribution in [2.75, 3.05) is 26.7 Å². The van der Waals surface area contributed by atoms with Crippen molar-refractivity contribution in [3.8, 4) is 0 Å². The number of rotatable bonds is 3. The van der Waals surface area contributed by atoms with E-state index in [9.17, 15) is 4.79 Å². The largest absolute Gasteiger partial charge is 0.498 e. The Labute approximate surface area is 168 Å². The fraction of sp³-hybridized carbons (Fsp3) is 0.800. The number of amides is 1. The first-order valence-corrected chi connectivity index (χ1v) is 10.5. The summed E-state index contributed by atoms with van der Waals surface area (Å²) in [6, 6.07) is 0.933. The van der Waals surface area contributed by atoms with Gasteiger partial charge in [-0.3, -0.25) is 14.4 Å². The van der Waals surface area contributed by atoms with Gasteiger partial charge in [0.05, 0.1) is 23.8 Å². The van der Waals surface area contributed by atoms with Crippen LogP contribution in [0.15, 0.2) is 12.4 Å². The molecule has 28 heavy (non-hydrogen) atoms. The third kappa shape index (κ3) is 3.62. The van der Waals surface area contributed by atoms with E-state index in [1.54, 1.807) is 0 Å². The molecule has 1 saturated carbocycles. The van der Waals surface area contributed by atoms with Crippen molar-refractivity contribution in [2.24, 2.45) is 0 Å². The molecule has 0 bridgehead atoms. The van der Waals surface area contributed by atoms with Crippen molar-refractivity contribution in [1.29, 1.82) is 0 Å². The zero-order valence-corrected chi connectivity index (χ0v) is 17.9. The summed E-state index contributed by atoms with van der Waals surface area (Å²) < 4.78 is 14.4. The predicted molar refractivity (Wildman–Crippen MR) is 108 cm³/mol. The molecule has 8 heteroatoms. The van der Waals surface area contributed by atoms with Gasteiger partial charge in [0.1, 0.15) is 0 Å². The topological polar surface area (TPSA) is 59.8 Å². The number of piperazine rings is 1. The highest BCUT2D eigenvalue weighted by Gasteiger charge is 2.52. The summed E-state index contributed by atoms with van der Waals surface area (Å²) in [6.07, 6.45) is 8.39. The van der Waals surface area contributed by atoms with Crippen molar-refractivity contribution in [2.45, 2.75) is 76.7 Å². The van der Waals surface area contributed by atoms with Crippen LogP contribution in [-0.4, -0.2) is 76.5 Å². The minimum Gasteiger partial charge on any atom is -0.399 e. The van der Waals surface area contributed by atoms with Gasteiger partial charge in [0.25, 0.3) is 0 Å². The second-order valence-corrected chi connectivity index (χ2v) is 9.59. The van der Waals surface area contributed by atoms with Crippen LogP contribution in [0.25, 0.3) is 0 Å². The summed E-state index contributed by atoms with van der Waals surface area (Å²) in [5.41, 5.74) is 0.320. The first kappa shape index (κ1) is 19.9. The van der Waals surface area contributed by atoms with E-state index in [0.717, 1.165) is 44.2 Å². The van der Waals surface area contributed by atoms with Gasteiger partial charge in [-0.1, -0.05) is 0 Å². The lowest BCUT2D eigenvalue weighted by atomic mass is 9.82. The Hall–Kier alpha value is -1.38. The van der Waals surface area contributed by atoms with E-state index in [-0.39, 0.29) is 24.2 Å². The summed E-state index contributed by atoms with van der Waals surface area (Å²) in [7, 11) is 1.54. The van der Waals surface area contributed by atoms with Gasteiger partial charge in [0.2, 0.25) is 5.91 Å². The van der Waals surface area contributed by atoms with Crippen LogP contribution < -0.4 is 5.46 Å². The van der Waals surface area contributed by atoms with Gasteiger partial charge < -0.3 is 14.2 Å². The third-order valence-corrected chi connectivity index (χ3v) is 7.19. The van der Waals surface area contributed by atoms with Gasteiger partial charge >= 0.3 is 7.12 Å². The number of carbonyl (C=O) groups is 1. The van der Waals surface area contributed by atoms with E-state index in [4.69, 9.17) is 9.31 Å². The Morgan fingerprint density at radius 2 is 1.64 bits per heavy atom. The average Bonchev–Trinajstić information content (AvgIpc) is 3.20. The van der Waals surface area contributed by atoms with E-state index in [2.05, 4.69) is 48.6 Å². The van der Waals surface area contributed by atoms with Crippen LogP contribution >= 0.6 is 0 Å². The van der Waals surface area contributed by atoms with E-state index >= 15 is 0 Å². The molecule has 0 radical (unpaired) electrons. The number of hydrogen-bond donors (Lipinski definition) is 0. The highest BCUT2D eigenvalue weighted by atomic mass is 16.7. The van der Waals surface area contributed by atoms with E-state index < -0.39 is 0 Å². The Bertz CT molecular complexity index is 711. The molecule has 4 rings (SSSR count). The van der Waals surface area contributed by atoms with Crippen LogP contribution in [0.2, 0.25) is 0 Å². The van der Waals surface area contributed by atoms with Crippen LogP contribution in [0.4, 0.5) is 0 Å². The van der Waals surface area contributed by atoms with Crippen LogP contribution in [0.3, 0.4) is 0 Å². The molecule has 7 nitrogen and oxygen atoms in total. The van der Waals surface area contributed by atoms with Crippen LogP contribution in [0, 0.1) is 0 Å². The first-order valence-electron chi connectivity index (χ1n) is 10.5. The molecule has 1 aromatic rings. The second-order valence-electron chi connectivity index (χ2n) is 9.59. The Kier molecular flexibility index (Phi) is 5.09. The van der Waals surface area contributed by atoms with Crippen LogP contribution in [0.1, 0.15) is 59.4 Å². The van der Waals surface area contributed by atoms with Crippen molar-refractivity contribution in [3.63, 3.8) is 0 Å². The van der Waals surface area contributed by atoms with Crippen molar-refractivity contribution >= 4 is 18.5 Å². The summed E-state index contributed by atoms with van der Waals surface area (Å²) >= 11 is 0. The first-order chi connectivity index (χ1) is 13.2. The average molecular weight is 388 g/mol. The summed E-state index contributed by atoms with van der Waals surface area (Å²) in [4.78, 5) is 16.2. The number of hydrogen-bond acceptors (Lipinski definition) is 5. The maximum atomic E-state index is 12.0. The zero-order valence-electron chi connectivity index (χ0n) is 17.9. The fourth-order valence-electron chi connectivity index (χ4n) is 4.43. The molecule has 0 unspecified atom stereocenters. The van der Waals surface area contributed by atoms with E-state index in [1.165, 1.54) is 0 Å². The van der Waals surface area contributed by atoms with Gasteiger partial charge in [-0.25, -0.2) is 0 Å². The SMILES string of the molecule is CN1CCN(C2CCC(n3cc(B4OC(C)(C)C(C)(C)O4)cn3)CC2)CC1=O. The van der Waals surface area contributed by atoms with Crippen molar-refractivity contribution < 1.29 is 14.1 Å². The van der Waals surface area contributed by atoms with Gasteiger partial charge in [-0.15, -0.1) is 0 Å². The Morgan fingerprint density at radius 1 is 1.04 bits per heavy atom. The highest BCUT2D eigenvalue weighted by Crippen LogP contribution is 2.37. The molecular formula is C20H33BN4O3. The van der Waals surface area contributed by atoms with Crippen LogP contribution in [-0.2, 0) is 14.1 Å². The fourth-order valence-corrected chi connectivity index (χ4v) is 4.43. The number of carbonyl (C=O) groups excluding carboxylic acids is 1. The normalized spacial score (nSPS) is 30.8. The second kappa shape index (κ2) is 7.15. The molecule has 0 aromatic carbocycles. The molecule has 3 aliphatic rings. The number of nitrogens with zero attached hydrogens (tertiary/aromatic N) is 4. The summed E-state index contributed by atoms with van der Waals surface area (Å²) in [5, 5.41) is 4.62. The molecule has 0 atom stereocenters. The molecule has 1 aromatic heterocycles. The Morgan fingerprint density at radius 3 is 2.25 bits per heavy atom. The van der Waals surface area contributed by atoms with Crippen molar-refractivity contribution in [1.82, 2.24) is 19.6 Å². The van der Waals surface area contributed by atoms with E-state index in [0.29, 0.717) is 18.6 Å².